The van der Waals surface area contributed by atoms with Crippen molar-refractivity contribution in [1.82, 2.24) is 4.98 Å². The number of anilines is 1. The highest BCUT2D eigenvalue weighted by molar-refractivity contribution is 6.34. The summed E-state index contributed by atoms with van der Waals surface area (Å²) in [5.41, 5.74) is -0.604. The second-order valence-corrected chi connectivity index (χ2v) is 4.14. The third kappa shape index (κ3) is 2.89. The Labute approximate surface area is 117 Å². The third-order valence-electron chi connectivity index (χ3n) is 2.42. The zero-order chi connectivity index (χ0) is 14.7. The maximum Gasteiger partial charge on any atom is 0.295 e. The van der Waals surface area contributed by atoms with Gasteiger partial charge in [0, 0.05) is 12.4 Å². The maximum atomic E-state index is 13.0. The van der Waals surface area contributed by atoms with Crippen LogP contribution in [0.5, 0.6) is 0 Å². The van der Waals surface area contributed by atoms with Gasteiger partial charge in [-0.05, 0) is 18.2 Å². The number of pyridine rings is 1. The number of nitro groups is 1. The largest absolute Gasteiger partial charge is 0.316 e. The third-order valence-corrected chi connectivity index (χ3v) is 2.75. The number of rotatable bonds is 3. The van der Waals surface area contributed by atoms with E-state index in [0.717, 1.165) is 18.2 Å². The second-order valence-electron chi connectivity index (χ2n) is 3.73. The van der Waals surface area contributed by atoms with Gasteiger partial charge in [0.25, 0.3) is 11.6 Å². The molecular weight excluding hydrogens is 289 g/mol. The summed E-state index contributed by atoms with van der Waals surface area (Å²) < 4.78 is 13.0. The number of aromatic nitrogens is 1. The number of nitro benzene ring substituents is 1. The van der Waals surface area contributed by atoms with Crippen LogP contribution in [0.1, 0.15) is 10.4 Å². The Balaban J connectivity index is 2.33. The molecule has 1 aromatic heterocycles. The Morgan fingerprint density at radius 1 is 1.40 bits per heavy atom. The average Bonchev–Trinajstić information content (AvgIpc) is 2.41. The molecule has 0 bridgehead atoms. The van der Waals surface area contributed by atoms with E-state index in [-0.39, 0.29) is 16.3 Å². The normalized spacial score (nSPS) is 10.1. The van der Waals surface area contributed by atoms with Crippen LogP contribution in [0.15, 0.2) is 36.7 Å². The lowest BCUT2D eigenvalue weighted by molar-refractivity contribution is -0.384. The Hall–Kier alpha value is -2.54. The molecule has 102 valence electrons. The summed E-state index contributed by atoms with van der Waals surface area (Å²) in [7, 11) is 0. The number of nitrogens with zero attached hydrogens (tertiary/aromatic N) is 2. The van der Waals surface area contributed by atoms with Gasteiger partial charge < -0.3 is 5.32 Å². The van der Waals surface area contributed by atoms with Crippen LogP contribution in [-0.2, 0) is 0 Å². The summed E-state index contributed by atoms with van der Waals surface area (Å²) in [4.78, 5) is 25.7. The van der Waals surface area contributed by atoms with Gasteiger partial charge in [-0.3, -0.25) is 19.9 Å². The van der Waals surface area contributed by atoms with E-state index in [0.29, 0.717) is 0 Å². The lowest BCUT2D eigenvalue weighted by atomic mass is 10.2. The molecule has 0 atom stereocenters. The molecule has 6 nitrogen and oxygen atoms in total. The highest BCUT2D eigenvalue weighted by atomic mass is 35.5. The first-order chi connectivity index (χ1) is 9.49. The fourth-order valence-electron chi connectivity index (χ4n) is 1.50. The van der Waals surface area contributed by atoms with E-state index in [1.54, 1.807) is 0 Å². The van der Waals surface area contributed by atoms with Crippen molar-refractivity contribution in [2.45, 2.75) is 0 Å². The SMILES string of the molecule is O=C(Nc1ccc(F)cc1[N+](=O)[O-])c1cnccc1Cl. The van der Waals surface area contributed by atoms with Crippen LogP contribution in [0.3, 0.4) is 0 Å². The van der Waals surface area contributed by atoms with Crippen LogP contribution in [0.25, 0.3) is 0 Å². The number of nitrogens with one attached hydrogen (secondary N) is 1. The first-order valence-corrected chi connectivity index (χ1v) is 5.71. The van der Waals surface area contributed by atoms with Crippen molar-refractivity contribution in [3.05, 3.63) is 63.2 Å². The monoisotopic (exact) mass is 295 g/mol. The lowest BCUT2D eigenvalue weighted by Gasteiger charge is -2.06. The van der Waals surface area contributed by atoms with Gasteiger partial charge in [0.2, 0.25) is 0 Å². The molecule has 0 fully saturated rings. The summed E-state index contributed by atoms with van der Waals surface area (Å²) >= 11 is 5.82. The zero-order valence-electron chi connectivity index (χ0n) is 9.84. The van der Waals surface area contributed by atoms with Crippen LogP contribution >= 0.6 is 11.6 Å². The molecule has 0 saturated carbocycles. The van der Waals surface area contributed by atoms with E-state index >= 15 is 0 Å². The Bertz CT molecular complexity index is 693. The van der Waals surface area contributed by atoms with Crippen molar-refractivity contribution in [2.24, 2.45) is 0 Å². The smallest absolute Gasteiger partial charge is 0.295 e. The van der Waals surface area contributed by atoms with Gasteiger partial charge in [0.15, 0.2) is 0 Å². The fourth-order valence-corrected chi connectivity index (χ4v) is 1.69. The van der Waals surface area contributed by atoms with Gasteiger partial charge in [0.05, 0.1) is 21.6 Å². The number of amides is 1. The predicted molar refractivity (Wildman–Crippen MR) is 70.3 cm³/mol. The molecule has 2 aromatic rings. The molecule has 2 rings (SSSR count). The molecule has 20 heavy (non-hydrogen) atoms. The van der Waals surface area contributed by atoms with Crippen molar-refractivity contribution in [2.75, 3.05) is 5.32 Å². The molecule has 0 aliphatic heterocycles. The van der Waals surface area contributed by atoms with E-state index in [1.165, 1.54) is 18.5 Å². The van der Waals surface area contributed by atoms with Gasteiger partial charge in [-0.2, -0.15) is 0 Å². The molecule has 1 amide bonds. The van der Waals surface area contributed by atoms with Crippen molar-refractivity contribution in [1.29, 1.82) is 0 Å². The highest BCUT2D eigenvalue weighted by Crippen LogP contribution is 2.26. The summed E-state index contributed by atoms with van der Waals surface area (Å²) in [5, 5.41) is 13.3. The summed E-state index contributed by atoms with van der Waals surface area (Å²) in [6, 6.07) is 4.25. The molecule has 0 radical (unpaired) electrons. The van der Waals surface area contributed by atoms with Crippen molar-refractivity contribution >= 4 is 28.9 Å². The number of carbonyl (C=O) groups excluding carboxylic acids is 1. The van der Waals surface area contributed by atoms with E-state index in [9.17, 15) is 19.3 Å². The van der Waals surface area contributed by atoms with Crippen molar-refractivity contribution < 1.29 is 14.1 Å². The fraction of sp³-hybridized carbons (Fsp3) is 0. The van der Waals surface area contributed by atoms with E-state index in [4.69, 9.17) is 11.6 Å². The zero-order valence-corrected chi connectivity index (χ0v) is 10.6. The minimum Gasteiger partial charge on any atom is -0.316 e. The topological polar surface area (TPSA) is 85.1 Å². The quantitative estimate of drug-likeness (QED) is 0.696. The first kappa shape index (κ1) is 13.9. The average molecular weight is 296 g/mol. The summed E-state index contributed by atoms with van der Waals surface area (Å²) in [6.07, 6.45) is 2.63. The van der Waals surface area contributed by atoms with Crippen LogP contribution in [0.2, 0.25) is 5.02 Å². The molecule has 0 aliphatic carbocycles. The van der Waals surface area contributed by atoms with Gasteiger partial charge in [-0.25, -0.2) is 4.39 Å². The molecule has 1 heterocycles. The van der Waals surface area contributed by atoms with E-state index < -0.39 is 22.3 Å². The number of carbonyl (C=O) groups is 1. The van der Waals surface area contributed by atoms with Crippen LogP contribution in [-0.4, -0.2) is 15.8 Å². The number of hydrogen-bond acceptors (Lipinski definition) is 4. The number of halogens is 2. The second kappa shape index (κ2) is 5.62. The highest BCUT2D eigenvalue weighted by Gasteiger charge is 2.18. The first-order valence-electron chi connectivity index (χ1n) is 5.34. The molecule has 1 N–H and O–H groups in total. The molecular formula is C12H7ClFN3O3. The number of hydrogen-bond donors (Lipinski definition) is 1. The van der Waals surface area contributed by atoms with Crippen LogP contribution in [0, 0.1) is 15.9 Å². The maximum absolute atomic E-state index is 13.0. The minimum absolute atomic E-state index is 0.0628. The number of benzene rings is 1. The Morgan fingerprint density at radius 2 is 2.15 bits per heavy atom. The van der Waals surface area contributed by atoms with Crippen molar-refractivity contribution in [3.63, 3.8) is 0 Å². The predicted octanol–water partition coefficient (Wildman–Crippen LogP) is 3.03. The molecule has 1 aromatic carbocycles. The van der Waals surface area contributed by atoms with Gasteiger partial charge in [-0.15, -0.1) is 0 Å². The molecule has 0 unspecified atom stereocenters. The van der Waals surface area contributed by atoms with Crippen LogP contribution < -0.4 is 5.32 Å². The van der Waals surface area contributed by atoms with E-state index in [1.807, 2.05) is 0 Å². The standard InChI is InChI=1S/C12H7ClFN3O3/c13-9-3-4-15-6-8(9)12(18)16-10-2-1-7(14)5-11(10)17(19)20/h1-6H,(H,16,18). The van der Waals surface area contributed by atoms with E-state index in [2.05, 4.69) is 10.3 Å². The van der Waals surface area contributed by atoms with Gasteiger partial charge in [0.1, 0.15) is 11.5 Å². The summed E-state index contributed by atoms with van der Waals surface area (Å²) in [6.45, 7) is 0. The minimum atomic E-state index is -0.788. The van der Waals surface area contributed by atoms with Gasteiger partial charge in [-0.1, -0.05) is 11.6 Å². The molecule has 0 saturated heterocycles. The lowest BCUT2D eigenvalue weighted by Crippen LogP contribution is -2.14. The molecule has 0 aliphatic rings. The Kier molecular flexibility index (Phi) is 3.90. The van der Waals surface area contributed by atoms with Gasteiger partial charge >= 0.3 is 0 Å². The van der Waals surface area contributed by atoms with Crippen LogP contribution in [0.4, 0.5) is 15.8 Å². The molecule has 8 heteroatoms. The van der Waals surface area contributed by atoms with Crippen molar-refractivity contribution in [3.8, 4) is 0 Å². The Morgan fingerprint density at radius 3 is 2.80 bits per heavy atom. The summed E-state index contributed by atoms with van der Waals surface area (Å²) in [5.74, 6) is -1.44. The molecule has 0 spiro atoms.